The first-order chi connectivity index (χ1) is 13.6. The van der Waals surface area contributed by atoms with Crippen molar-refractivity contribution in [3.63, 3.8) is 0 Å². The number of aromatic amines is 1. The van der Waals surface area contributed by atoms with Gasteiger partial charge in [0.05, 0.1) is 16.6 Å². The van der Waals surface area contributed by atoms with Crippen LogP contribution in [-0.4, -0.2) is 25.0 Å². The van der Waals surface area contributed by atoms with Crippen molar-refractivity contribution in [1.29, 1.82) is 0 Å². The lowest BCUT2D eigenvalue weighted by Gasteiger charge is -2.17. The lowest BCUT2D eigenvalue weighted by atomic mass is 9.89. The number of aryl methyl sites for hydroxylation is 1. The third-order valence-corrected chi connectivity index (χ3v) is 7.09. The van der Waals surface area contributed by atoms with E-state index in [2.05, 4.69) is 27.2 Å². The molecule has 142 valence electrons. The molecule has 0 amide bonds. The zero-order valence-corrected chi connectivity index (χ0v) is 16.8. The number of rotatable bonds is 3. The predicted molar refractivity (Wildman–Crippen MR) is 111 cm³/mol. The second kappa shape index (κ2) is 6.82. The Bertz CT molecular complexity index is 1320. The highest BCUT2D eigenvalue weighted by molar-refractivity contribution is 7.98. The number of nitrogens with zero attached hydrogens (tertiary/aromatic N) is 4. The van der Waals surface area contributed by atoms with Gasteiger partial charge < -0.3 is 4.98 Å². The Labute approximate surface area is 167 Å². The molecular weight excluding hydrogens is 394 g/mol. The van der Waals surface area contributed by atoms with Gasteiger partial charge in [0.1, 0.15) is 10.3 Å². The molecule has 0 fully saturated rings. The van der Waals surface area contributed by atoms with E-state index in [0.717, 1.165) is 29.5 Å². The molecule has 3 heterocycles. The van der Waals surface area contributed by atoms with Crippen LogP contribution in [0.15, 0.2) is 39.0 Å². The van der Waals surface area contributed by atoms with Gasteiger partial charge in [0.2, 0.25) is 0 Å². The first-order valence-corrected chi connectivity index (χ1v) is 10.9. The molecule has 1 atom stereocenters. The first-order valence-electron chi connectivity index (χ1n) is 9.10. The van der Waals surface area contributed by atoms with Gasteiger partial charge in [0.15, 0.2) is 5.16 Å². The molecule has 7 nitrogen and oxygen atoms in total. The molecule has 1 aromatic carbocycles. The van der Waals surface area contributed by atoms with Crippen LogP contribution in [0.3, 0.4) is 0 Å². The molecule has 0 aliphatic heterocycles. The molecule has 5 rings (SSSR count). The molecule has 0 spiro atoms. The summed E-state index contributed by atoms with van der Waals surface area (Å²) in [6.45, 7) is 2.24. The van der Waals surface area contributed by atoms with E-state index in [4.69, 9.17) is 0 Å². The highest BCUT2D eigenvalue weighted by Gasteiger charge is 2.23. The summed E-state index contributed by atoms with van der Waals surface area (Å²) in [5.74, 6) is 0.875. The molecule has 0 saturated carbocycles. The van der Waals surface area contributed by atoms with E-state index < -0.39 is 0 Å². The van der Waals surface area contributed by atoms with Crippen LogP contribution in [0.25, 0.3) is 21.1 Å². The molecule has 9 heteroatoms. The zero-order chi connectivity index (χ0) is 19.3. The molecule has 0 bridgehead atoms. The van der Waals surface area contributed by atoms with E-state index in [9.17, 15) is 9.59 Å². The highest BCUT2D eigenvalue weighted by Crippen LogP contribution is 2.36. The van der Waals surface area contributed by atoms with Crippen LogP contribution in [0.2, 0.25) is 0 Å². The minimum Gasteiger partial charge on any atom is -0.301 e. The molecule has 3 aromatic heterocycles. The van der Waals surface area contributed by atoms with E-state index in [1.54, 1.807) is 29.5 Å². The highest BCUT2D eigenvalue weighted by atomic mass is 32.2. The SMILES string of the molecule is C[C@H]1CCc2c(sc3nc(SCn4nnc5ccccc5c4=O)[nH]c(=O)c23)C1. The summed E-state index contributed by atoms with van der Waals surface area (Å²) in [4.78, 5) is 34.8. The molecule has 28 heavy (non-hydrogen) atoms. The fourth-order valence-corrected chi connectivity index (χ4v) is 5.80. The largest absolute Gasteiger partial charge is 0.301 e. The Morgan fingerprint density at radius 2 is 2.18 bits per heavy atom. The maximum Gasteiger partial charge on any atom is 0.278 e. The number of hydrogen-bond acceptors (Lipinski definition) is 7. The van der Waals surface area contributed by atoms with Crippen LogP contribution in [-0.2, 0) is 18.7 Å². The summed E-state index contributed by atoms with van der Waals surface area (Å²) in [6, 6.07) is 7.11. The fraction of sp³-hybridized carbons (Fsp3) is 0.316. The van der Waals surface area contributed by atoms with Gasteiger partial charge >= 0.3 is 0 Å². The molecule has 0 radical (unpaired) electrons. The van der Waals surface area contributed by atoms with E-state index >= 15 is 0 Å². The summed E-state index contributed by atoms with van der Waals surface area (Å²) < 4.78 is 1.29. The maximum absolute atomic E-state index is 12.7. The third-order valence-electron chi connectivity index (χ3n) is 5.10. The smallest absolute Gasteiger partial charge is 0.278 e. The Morgan fingerprint density at radius 3 is 3.07 bits per heavy atom. The van der Waals surface area contributed by atoms with Crippen LogP contribution in [0.5, 0.6) is 0 Å². The van der Waals surface area contributed by atoms with Gasteiger partial charge in [0, 0.05) is 4.88 Å². The molecule has 1 N–H and O–H groups in total. The van der Waals surface area contributed by atoms with Crippen molar-refractivity contribution in [2.45, 2.75) is 37.2 Å². The van der Waals surface area contributed by atoms with Crippen molar-refractivity contribution in [3.05, 3.63) is 55.4 Å². The van der Waals surface area contributed by atoms with E-state index in [-0.39, 0.29) is 17.0 Å². The predicted octanol–water partition coefficient (Wildman–Crippen LogP) is 2.96. The van der Waals surface area contributed by atoms with Gasteiger partial charge in [-0.25, -0.2) is 4.98 Å². The number of hydrogen-bond donors (Lipinski definition) is 1. The molecular formula is C19H17N5O2S2. The number of H-pyrrole nitrogens is 1. The lowest BCUT2D eigenvalue weighted by molar-refractivity contribution is 0.509. The quantitative estimate of drug-likeness (QED) is 0.411. The van der Waals surface area contributed by atoms with E-state index in [1.165, 1.54) is 26.9 Å². The van der Waals surface area contributed by atoms with Gasteiger partial charge in [-0.05, 0) is 42.9 Å². The van der Waals surface area contributed by atoms with Gasteiger partial charge in [0.25, 0.3) is 11.1 Å². The number of benzene rings is 1. The average molecular weight is 412 g/mol. The van der Waals surface area contributed by atoms with Gasteiger partial charge in [-0.1, -0.05) is 36.0 Å². The maximum atomic E-state index is 12.7. The van der Waals surface area contributed by atoms with Crippen LogP contribution in [0.1, 0.15) is 23.8 Å². The normalized spacial score (nSPS) is 16.5. The zero-order valence-electron chi connectivity index (χ0n) is 15.1. The van der Waals surface area contributed by atoms with Crippen LogP contribution >= 0.6 is 23.1 Å². The van der Waals surface area contributed by atoms with Crippen LogP contribution in [0.4, 0.5) is 0 Å². The minimum atomic E-state index is -0.206. The molecule has 0 saturated heterocycles. The monoisotopic (exact) mass is 411 g/mol. The number of thioether (sulfide) groups is 1. The number of fused-ring (bicyclic) bond motifs is 4. The molecule has 0 unspecified atom stereocenters. The van der Waals surface area contributed by atoms with Gasteiger partial charge in [-0.3, -0.25) is 9.59 Å². The summed E-state index contributed by atoms with van der Waals surface area (Å²) in [5.41, 5.74) is 1.43. The number of aromatic nitrogens is 5. The second-order valence-electron chi connectivity index (χ2n) is 7.09. The average Bonchev–Trinajstić information content (AvgIpc) is 3.05. The van der Waals surface area contributed by atoms with E-state index in [0.29, 0.717) is 22.0 Å². The van der Waals surface area contributed by atoms with Crippen molar-refractivity contribution < 1.29 is 0 Å². The summed E-state index contributed by atoms with van der Waals surface area (Å²) >= 11 is 2.89. The lowest BCUT2D eigenvalue weighted by Crippen LogP contribution is -2.23. The van der Waals surface area contributed by atoms with Gasteiger partial charge in [-0.15, -0.1) is 16.4 Å². The van der Waals surface area contributed by atoms with Crippen LogP contribution in [0, 0.1) is 5.92 Å². The molecule has 4 aromatic rings. The standard InChI is InChI=1S/C19H17N5O2S2/c1-10-6-7-12-14(8-10)28-17-15(12)16(25)20-19(21-17)27-9-24-18(26)11-4-2-3-5-13(11)22-23-24/h2-5,10H,6-9H2,1H3,(H,20,21,25)/t10-/m0/s1. The first kappa shape index (κ1) is 17.6. The second-order valence-corrected chi connectivity index (χ2v) is 9.10. The van der Waals surface area contributed by atoms with Crippen molar-refractivity contribution in [3.8, 4) is 0 Å². The van der Waals surface area contributed by atoms with Crippen molar-refractivity contribution in [2.75, 3.05) is 0 Å². The summed E-state index contributed by atoms with van der Waals surface area (Å²) in [6.07, 6.45) is 3.06. The Kier molecular flexibility index (Phi) is 4.28. The Hall–Kier alpha value is -2.52. The molecule has 1 aliphatic rings. The van der Waals surface area contributed by atoms with Crippen LogP contribution < -0.4 is 11.1 Å². The Morgan fingerprint density at radius 1 is 1.32 bits per heavy atom. The molecule has 1 aliphatic carbocycles. The van der Waals surface area contributed by atoms with Crippen molar-refractivity contribution >= 4 is 44.2 Å². The van der Waals surface area contributed by atoms with E-state index in [1.807, 2.05) is 6.07 Å². The third kappa shape index (κ3) is 2.94. The topological polar surface area (TPSA) is 93.5 Å². The van der Waals surface area contributed by atoms with Crippen molar-refractivity contribution in [1.82, 2.24) is 25.0 Å². The minimum absolute atomic E-state index is 0.100. The fourth-order valence-electron chi connectivity index (χ4n) is 3.63. The van der Waals surface area contributed by atoms with Crippen molar-refractivity contribution in [2.24, 2.45) is 5.92 Å². The summed E-state index contributed by atoms with van der Waals surface area (Å²) in [7, 11) is 0. The Balaban J connectivity index is 1.47. The van der Waals surface area contributed by atoms with Gasteiger partial charge in [-0.2, -0.15) is 4.68 Å². The number of nitrogens with one attached hydrogen (secondary N) is 1. The summed E-state index contributed by atoms with van der Waals surface area (Å²) in [5, 5.41) is 9.82. The number of thiophene rings is 1.